The number of hydrogen-bond donors (Lipinski definition) is 0. The number of alkyl halides is 6. The van der Waals surface area contributed by atoms with E-state index in [0.29, 0.717) is 105 Å². The molecule has 8 nitrogen and oxygen atoms in total. The molecule has 2 heterocycles. The first-order valence-electron chi connectivity index (χ1n) is 29.3. The van der Waals surface area contributed by atoms with Crippen molar-refractivity contribution >= 4 is 34.2 Å². The van der Waals surface area contributed by atoms with Crippen LogP contribution in [0.4, 0.5) is 37.7 Å². The van der Waals surface area contributed by atoms with Crippen molar-refractivity contribution in [2.75, 3.05) is 57.3 Å². The normalized spacial score (nSPS) is 21.1. The number of aryl methyl sites for hydroxylation is 1. The summed E-state index contributed by atoms with van der Waals surface area (Å²) in [6, 6.07) is 25.5. The van der Waals surface area contributed by atoms with E-state index in [4.69, 9.17) is 23.7 Å². The summed E-state index contributed by atoms with van der Waals surface area (Å²) in [5.41, 5.74) is -1.08. The van der Waals surface area contributed by atoms with Crippen LogP contribution >= 0.6 is 0 Å². The van der Waals surface area contributed by atoms with Gasteiger partial charge in [-0.3, -0.25) is 4.79 Å². The summed E-state index contributed by atoms with van der Waals surface area (Å²) in [6.07, 6.45) is 8.15. The summed E-state index contributed by atoms with van der Waals surface area (Å²) >= 11 is 0. The first kappa shape index (κ1) is 57.0. The monoisotopic (exact) mass is 1130 g/mol. The number of unbranched alkanes of at least 4 members (excludes halogenated alkanes) is 2. The van der Waals surface area contributed by atoms with Gasteiger partial charge < -0.3 is 33.5 Å². The topological polar surface area (TPSA) is 69.7 Å². The van der Waals surface area contributed by atoms with E-state index in [2.05, 4.69) is 16.7 Å². The molecule has 0 atom stereocenters. The van der Waals surface area contributed by atoms with Crippen LogP contribution in [0.5, 0.6) is 28.7 Å². The Morgan fingerprint density at radius 1 is 0.671 bits per heavy atom. The van der Waals surface area contributed by atoms with Crippen LogP contribution in [0.3, 0.4) is 0 Å². The molecule has 0 bridgehead atoms. The van der Waals surface area contributed by atoms with Crippen LogP contribution in [0.1, 0.15) is 142 Å². The van der Waals surface area contributed by atoms with Crippen LogP contribution in [0.2, 0.25) is 0 Å². The van der Waals surface area contributed by atoms with Crippen molar-refractivity contribution < 1.29 is 54.8 Å². The highest BCUT2D eigenvalue weighted by Gasteiger charge is 2.51. The molecule has 1 saturated heterocycles. The van der Waals surface area contributed by atoms with Gasteiger partial charge in [-0.05, 0) is 164 Å². The lowest BCUT2D eigenvalue weighted by Crippen LogP contribution is -2.46. The number of halogens is 6. The number of rotatable bonds is 14. The minimum Gasteiger partial charge on any atom is -0.497 e. The SMILES string of the molecule is CCCCCC1CCC(C2CCC(C(=O)Oc3ccc(N4CCN(c5cc6c7c(c8c(c6c(C)c5OC)OC(c5ccc(OC)cc5)(c5ccc(OC)cc5)C=C8)C(C)(C)c5c-7cc(C(F)(F)F)cc5C(F)(F)F)CC4)cc3)CC2)CC1. The first-order chi connectivity index (χ1) is 39.3. The number of methoxy groups -OCH3 is 3. The second kappa shape index (κ2) is 22.4. The zero-order valence-electron chi connectivity index (χ0n) is 48.0. The second-order valence-electron chi connectivity index (χ2n) is 23.9. The molecule has 6 aromatic rings. The quantitative estimate of drug-likeness (QED) is 0.0462. The van der Waals surface area contributed by atoms with Gasteiger partial charge in [0.25, 0.3) is 0 Å². The number of hydrogen-bond acceptors (Lipinski definition) is 8. The number of nitrogens with zero attached hydrogens (tertiary/aromatic N) is 2. The van der Waals surface area contributed by atoms with Crippen LogP contribution < -0.4 is 33.5 Å². The number of piperazine rings is 1. The highest BCUT2D eigenvalue weighted by atomic mass is 19.4. The molecular weight excluding hydrogens is 1050 g/mol. The average molecular weight is 1130 g/mol. The van der Waals surface area contributed by atoms with Crippen LogP contribution in [0.15, 0.2) is 97.1 Å². The Kier molecular flexibility index (Phi) is 15.6. The molecule has 0 amide bonds. The fourth-order valence-corrected chi connectivity index (χ4v) is 14.6. The fraction of sp³-hybridized carbons (Fsp3) is 0.456. The summed E-state index contributed by atoms with van der Waals surface area (Å²) in [4.78, 5) is 17.9. The maximum atomic E-state index is 15.4. The fourth-order valence-electron chi connectivity index (χ4n) is 14.6. The van der Waals surface area contributed by atoms with Crippen molar-refractivity contribution in [3.8, 4) is 39.9 Å². The predicted octanol–water partition coefficient (Wildman–Crippen LogP) is 17.3. The number of anilines is 2. The molecule has 434 valence electrons. The molecule has 3 fully saturated rings. The van der Waals surface area contributed by atoms with Crippen molar-refractivity contribution in [1.29, 1.82) is 0 Å². The third-order valence-electron chi connectivity index (χ3n) is 19.0. The largest absolute Gasteiger partial charge is 0.497 e. The molecular formula is C68H74F6N2O6. The molecule has 6 aromatic carbocycles. The van der Waals surface area contributed by atoms with Gasteiger partial charge in [0.15, 0.2) is 5.60 Å². The highest BCUT2D eigenvalue weighted by Crippen LogP contribution is 2.62. The zero-order chi connectivity index (χ0) is 57.9. The number of fused-ring (bicyclic) bond motifs is 8. The van der Waals surface area contributed by atoms with Crippen molar-refractivity contribution in [3.63, 3.8) is 0 Å². The lowest BCUT2D eigenvalue weighted by Gasteiger charge is -2.40. The minimum absolute atomic E-state index is 0.0933. The minimum atomic E-state index is -5.12. The molecule has 0 radical (unpaired) electrons. The van der Waals surface area contributed by atoms with E-state index in [1.165, 1.54) is 51.4 Å². The van der Waals surface area contributed by atoms with Crippen LogP contribution in [0, 0.1) is 30.6 Å². The van der Waals surface area contributed by atoms with E-state index in [1.807, 2.05) is 97.9 Å². The zero-order valence-corrected chi connectivity index (χ0v) is 48.0. The molecule has 0 spiro atoms. The van der Waals surface area contributed by atoms with Crippen molar-refractivity contribution in [2.24, 2.45) is 23.7 Å². The summed E-state index contributed by atoms with van der Waals surface area (Å²) < 4.78 is 122. The van der Waals surface area contributed by atoms with E-state index in [9.17, 15) is 18.0 Å². The van der Waals surface area contributed by atoms with Gasteiger partial charge in [-0.15, -0.1) is 0 Å². The number of carbonyl (C=O) groups is 1. The van der Waals surface area contributed by atoms with E-state index in [0.717, 1.165) is 49.3 Å². The average Bonchev–Trinajstić information content (AvgIpc) is 3.77. The molecule has 82 heavy (non-hydrogen) atoms. The summed E-state index contributed by atoms with van der Waals surface area (Å²) in [5, 5.41) is 0.934. The smallest absolute Gasteiger partial charge is 0.416 e. The van der Waals surface area contributed by atoms with Gasteiger partial charge in [0, 0.05) is 64.9 Å². The molecule has 11 rings (SSSR count). The Hall–Kier alpha value is -6.83. The molecule has 0 aromatic heterocycles. The molecule has 0 unspecified atom stereocenters. The van der Waals surface area contributed by atoms with Gasteiger partial charge in [0.05, 0.1) is 44.1 Å². The Bertz CT molecular complexity index is 3300. The maximum absolute atomic E-state index is 15.4. The number of ether oxygens (including phenoxy) is 5. The standard InChI is InChI=1S/C68H74F6N2O6/c1-8-9-10-11-42-12-14-43(15-13-42)44-16-18-45(19-17-44)64(77)81-52-30-24-49(25-31-52)75-34-36-76(37-35-75)57-40-54-58(41(2)62(57)80-7)63-53(61-59(54)55-38-48(67(69,70)71)39-56(68(72,73)74)60(55)65(61,3)4)32-33-66(82-63,46-20-26-50(78-5)27-21-46)47-22-28-51(79-6)29-23-47/h20-33,38-40,42-45H,8-19,34-37H2,1-7H3. The number of benzene rings is 6. The second-order valence-corrected chi connectivity index (χ2v) is 23.9. The molecule has 2 saturated carbocycles. The Morgan fingerprint density at radius 2 is 1.24 bits per heavy atom. The van der Waals surface area contributed by atoms with Crippen molar-refractivity contribution in [3.05, 3.63) is 142 Å². The van der Waals surface area contributed by atoms with Gasteiger partial charge in [-0.25, -0.2) is 0 Å². The Morgan fingerprint density at radius 3 is 1.79 bits per heavy atom. The lowest BCUT2D eigenvalue weighted by molar-refractivity contribution is -0.144. The third-order valence-corrected chi connectivity index (χ3v) is 19.0. The van der Waals surface area contributed by atoms with Crippen molar-refractivity contribution in [2.45, 2.75) is 128 Å². The van der Waals surface area contributed by atoms with Gasteiger partial charge in [-0.2, -0.15) is 26.3 Å². The molecule has 0 N–H and O–H groups in total. The third kappa shape index (κ3) is 10.4. The van der Waals surface area contributed by atoms with Gasteiger partial charge in [-0.1, -0.05) is 89.6 Å². The van der Waals surface area contributed by atoms with Gasteiger partial charge in [0.1, 0.15) is 28.7 Å². The first-order valence-corrected chi connectivity index (χ1v) is 29.3. The van der Waals surface area contributed by atoms with Crippen LogP contribution in [-0.4, -0.2) is 53.5 Å². The predicted molar refractivity (Wildman–Crippen MR) is 311 cm³/mol. The summed E-state index contributed by atoms with van der Waals surface area (Å²) in [5.74, 6) is 4.72. The number of carbonyl (C=O) groups excluding carboxylic acids is 1. The molecule has 5 aliphatic rings. The Balaban J connectivity index is 0.906. The molecule has 2 aliphatic heterocycles. The van der Waals surface area contributed by atoms with Crippen LogP contribution in [-0.2, 0) is 28.2 Å². The summed E-state index contributed by atoms with van der Waals surface area (Å²) in [6.45, 7) is 9.59. The lowest BCUT2D eigenvalue weighted by atomic mass is 9.68. The maximum Gasteiger partial charge on any atom is 0.416 e. The molecule has 3 aliphatic carbocycles. The van der Waals surface area contributed by atoms with Crippen LogP contribution in [0.25, 0.3) is 28.0 Å². The van der Waals surface area contributed by atoms with E-state index >= 15 is 13.2 Å². The molecule has 14 heteroatoms. The highest BCUT2D eigenvalue weighted by molar-refractivity contribution is 6.12. The van der Waals surface area contributed by atoms with Gasteiger partial charge in [0.2, 0.25) is 0 Å². The van der Waals surface area contributed by atoms with E-state index < -0.39 is 34.5 Å². The summed E-state index contributed by atoms with van der Waals surface area (Å²) in [7, 11) is 4.71. The van der Waals surface area contributed by atoms with Gasteiger partial charge >= 0.3 is 18.3 Å². The number of esters is 1. The van der Waals surface area contributed by atoms with E-state index in [-0.39, 0.29) is 34.6 Å². The Labute approximate surface area is 477 Å². The van der Waals surface area contributed by atoms with E-state index in [1.54, 1.807) is 35.2 Å². The van der Waals surface area contributed by atoms with Crippen molar-refractivity contribution in [1.82, 2.24) is 0 Å².